The van der Waals surface area contributed by atoms with Gasteiger partial charge >= 0.3 is 5.97 Å². The van der Waals surface area contributed by atoms with Crippen molar-refractivity contribution in [2.75, 3.05) is 0 Å². The molecule has 0 aliphatic rings. The molecule has 0 N–H and O–H groups in total. The van der Waals surface area contributed by atoms with Crippen molar-refractivity contribution in [2.45, 2.75) is 19.4 Å². The Hall–Kier alpha value is -1.84. The number of ether oxygens (including phenoxy) is 1. The number of aryl methyl sites for hydroxylation is 1. The minimum Gasteiger partial charge on any atom is -0.459 e. The zero-order chi connectivity index (χ0) is 15.4. The van der Waals surface area contributed by atoms with Crippen molar-refractivity contribution in [1.82, 2.24) is 19.7 Å². The highest BCUT2D eigenvalue weighted by Crippen LogP contribution is 2.21. The van der Waals surface area contributed by atoms with Crippen LogP contribution in [0.25, 0.3) is 10.7 Å². The maximum Gasteiger partial charge on any atom is 0.306 e. The third-order valence-corrected chi connectivity index (χ3v) is 4.48. The van der Waals surface area contributed by atoms with E-state index in [-0.39, 0.29) is 19.0 Å². The van der Waals surface area contributed by atoms with Crippen LogP contribution in [0.3, 0.4) is 0 Å². The molecule has 0 saturated carbocycles. The zero-order valence-electron chi connectivity index (χ0n) is 11.1. The van der Waals surface area contributed by atoms with Crippen molar-refractivity contribution < 1.29 is 14.1 Å². The molecule has 3 aromatic rings. The number of hydrogen-bond acceptors (Lipinski definition) is 9. The predicted octanol–water partition coefficient (Wildman–Crippen LogP) is 2.98. The normalized spacial score (nSPS) is 10.8. The molecular formula is C12H9ClN4O3S2. The molecule has 0 atom stereocenters. The summed E-state index contributed by atoms with van der Waals surface area (Å²) in [5.41, 5.74) is 0.456. The van der Waals surface area contributed by atoms with E-state index >= 15 is 0 Å². The number of rotatable bonds is 6. The van der Waals surface area contributed by atoms with Crippen LogP contribution in [0.15, 0.2) is 22.0 Å². The van der Waals surface area contributed by atoms with Gasteiger partial charge in [-0.3, -0.25) is 4.79 Å². The third-order valence-electron chi connectivity index (χ3n) is 2.63. The summed E-state index contributed by atoms with van der Waals surface area (Å²) >= 11 is 8.39. The van der Waals surface area contributed by atoms with Crippen LogP contribution in [-0.4, -0.2) is 25.7 Å². The molecule has 3 rings (SSSR count). The summed E-state index contributed by atoms with van der Waals surface area (Å²) in [7, 11) is 0. The first kappa shape index (κ1) is 15.1. The van der Waals surface area contributed by atoms with Crippen LogP contribution >= 0.6 is 34.5 Å². The fourth-order valence-corrected chi connectivity index (χ4v) is 2.83. The van der Waals surface area contributed by atoms with Gasteiger partial charge in [-0.05, 0) is 11.4 Å². The van der Waals surface area contributed by atoms with Gasteiger partial charge in [-0.15, -0.1) is 16.4 Å². The molecular weight excluding hydrogens is 348 g/mol. The molecule has 10 heteroatoms. The van der Waals surface area contributed by atoms with Crippen molar-refractivity contribution in [1.29, 1.82) is 0 Å². The lowest BCUT2D eigenvalue weighted by atomic mass is 10.3. The summed E-state index contributed by atoms with van der Waals surface area (Å²) in [6.45, 7) is 0.0123. The quantitative estimate of drug-likeness (QED) is 0.627. The molecule has 0 saturated heterocycles. The summed E-state index contributed by atoms with van der Waals surface area (Å²) in [6, 6.07) is 3.81. The van der Waals surface area contributed by atoms with Gasteiger partial charge in [0.1, 0.15) is 16.6 Å². The van der Waals surface area contributed by atoms with Gasteiger partial charge in [-0.1, -0.05) is 27.3 Å². The van der Waals surface area contributed by atoms with Gasteiger partial charge in [0, 0.05) is 18.0 Å². The van der Waals surface area contributed by atoms with Gasteiger partial charge in [0.2, 0.25) is 11.7 Å². The van der Waals surface area contributed by atoms with Gasteiger partial charge in [0.25, 0.3) is 0 Å². The summed E-state index contributed by atoms with van der Waals surface area (Å²) in [6.07, 6.45) is 0.460. The van der Waals surface area contributed by atoms with Crippen molar-refractivity contribution in [3.05, 3.63) is 33.4 Å². The van der Waals surface area contributed by atoms with E-state index < -0.39 is 0 Å². The molecule has 0 amide bonds. The fourth-order valence-electron chi connectivity index (χ4n) is 1.58. The monoisotopic (exact) mass is 356 g/mol. The number of hydrogen-bond donors (Lipinski definition) is 0. The first-order chi connectivity index (χ1) is 10.7. The lowest BCUT2D eigenvalue weighted by Gasteiger charge is -2.00. The van der Waals surface area contributed by atoms with E-state index in [0.29, 0.717) is 28.2 Å². The number of carbonyl (C=O) groups excluding carboxylic acids is 1. The molecule has 114 valence electrons. The Labute approximate surface area is 138 Å². The van der Waals surface area contributed by atoms with Crippen molar-refractivity contribution in [3.63, 3.8) is 0 Å². The van der Waals surface area contributed by atoms with E-state index in [1.165, 1.54) is 11.3 Å². The molecule has 0 fully saturated rings. The molecule has 0 spiro atoms. The largest absolute Gasteiger partial charge is 0.459 e. The van der Waals surface area contributed by atoms with E-state index in [9.17, 15) is 4.79 Å². The lowest BCUT2D eigenvalue weighted by Crippen LogP contribution is -2.06. The molecule has 0 bridgehead atoms. The number of carbonyl (C=O) groups is 1. The number of halogens is 1. The van der Waals surface area contributed by atoms with Crippen LogP contribution < -0.4 is 0 Å². The highest BCUT2D eigenvalue weighted by Gasteiger charge is 2.13. The van der Waals surface area contributed by atoms with Crippen LogP contribution in [-0.2, 0) is 22.6 Å². The van der Waals surface area contributed by atoms with E-state index in [1.807, 2.05) is 17.5 Å². The summed E-state index contributed by atoms with van der Waals surface area (Å²) in [5, 5.41) is 9.56. The van der Waals surface area contributed by atoms with Crippen LogP contribution in [0.2, 0.25) is 4.34 Å². The minimum atomic E-state index is -0.389. The predicted molar refractivity (Wildman–Crippen MR) is 80.6 cm³/mol. The SMILES string of the molecule is O=C(CCc1nc(-c2cccs2)no1)OCc1nnsc1Cl. The van der Waals surface area contributed by atoms with Crippen LogP contribution in [0.4, 0.5) is 0 Å². The smallest absolute Gasteiger partial charge is 0.306 e. The van der Waals surface area contributed by atoms with Crippen LogP contribution in [0, 0.1) is 0 Å². The highest BCUT2D eigenvalue weighted by atomic mass is 35.5. The number of aromatic nitrogens is 4. The molecule has 3 aromatic heterocycles. The standard InChI is InChI=1S/C12H9ClN4O3S2/c13-11-7(15-17-22-11)6-19-10(18)4-3-9-14-12(16-20-9)8-2-1-5-21-8/h1-2,5H,3-4,6H2. The first-order valence-corrected chi connectivity index (χ1v) is 8.24. The van der Waals surface area contributed by atoms with E-state index in [2.05, 4.69) is 19.7 Å². The summed E-state index contributed by atoms with van der Waals surface area (Å²) in [4.78, 5) is 16.8. The van der Waals surface area contributed by atoms with E-state index in [1.54, 1.807) is 0 Å². The second-order valence-corrected chi connectivity index (χ2v) is 6.45. The number of thiophene rings is 1. The molecule has 0 aliphatic heterocycles. The molecule has 0 aromatic carbocycles. The number of esters is 1. The highest BCUT2D eigenvalue weighted by molar-refractivity contribution is 7.13. The van der Waals surface area contributed by atoms with Crippen molar-refractivity contribution in [2.24, 2.45) is 0 Å². The second-order valence-electron chi connectivity index (χ2n) is 4.14. The van der Waals surface area contributed by atoms with E-state index in [4.69, 9.17) is 20.9 Å². The fraction of sp³-hybridized carbons (Fsp3) is 0.250. The van der Waals surface area contributed by atoms with Gasteiger partial charge < -0.3 is 9.26 Å². The van der Waals surface area contributed by atoms with Gasteiger partial charge in [-0.25, -0.2) is 0 Å². The van der Waals surface area contributed by atoms with Crippen LogP contribution in [0.1, 0.15) is 18.0 Å². The van der Waals surface area contributed by atoms with Crippen molar-refractivity contribution >= 4 is 40.4 Å². The first-order valence-electron chi connectivity index (χ1n) is 6.21. The molecule has 0 unspecified atom stereocenters. The Kier molecular flexibility index (Phi) is 4.76. The van der Waals surface area contributed by atoms with E-state index in [0.717, 1.165) is 16.4 Å². The lowest BCUT2D eigenvalue weighted by molar-refractivity contribution is -0.145. The Morgan fingerprint density at radius 3 is 3.09 bits per heavy atom. The Bertz CT molecular complexity index is 756. The molecule has 0 radical (unpaired) electrons. The molecule has 3 heterocycles. The van der Waals surface area contributed by atoms with Gasteiger partial charge in [-0.2, -0.15) is 4.98 Å². The third kappa shape index (κ3) is 3.67. The topological polar surface area (TPSA) is 91.0 Å². The maximum atomic E-state index is 11.7. The maximum absolute atomic E-state index is 11.7. The average Bonchev–Trinajstić information content (AvgIpc) is 3.24. The zero-order valence-corrected chi connectivity index (χ0v) is 13.5. The molecule has 0 aliphatic carbocycles. The second kappa shape index (κ2) is 6.95. The summed E-state index contributed by atoms with van der Waals surface area (Å²) < 4.78 is 14.2. The Morgan fingerprint density at radius 1 is 1.45 bits per heavy atom. The minimum absolute atomic E-state index is 0.0123. The Balaban J connectivity index is 1.48. The molecule has 7 nitrogen and oxygen atoms in total. The van der Waals surface area contributed by atoms with Crippen molar-refractivity contribution in [3.8, 4) is 10.7 Å². The van der Waals surface area contributed by atoms with Gasteiger partial charge in [0.05, 0.1) is 11.3 Å². The van der Waals surface area contributed by atoms with Gasteiger partial charge in [0.15, 0.2) is 0 Å². The summed E-state index contributed by atoms with van der Waals surface area (Å²) in [5.74, 6) is 0.535. The molecule has 22 heavy (non-hydrogen) atoms. The average molecular weight is 357 g/mol. The number of nitrogens with zero attached hydrogens (tertiary/aromatic N) is 4. The van der Waals surface area contributed by atoms with Crippen LogP contribution in [0.5, 0.6) is 0 Å². The Morgan fingerprint density at radius 2 is 2.36 bits per heavy atom.